The number of nitrogens with one attached hydrogen (secondary N) is 2. The van der Waals surface area contributed by atoms with Gasteiger partial charge in [0.1, 0.15) is 5.75 Å². The lowest BCUT2D eigenvalue weighted by molar-refractivity contribution is -0.119. The molecule has 0 unspecified atom stereocenters. The number of hydrogen-bond acceptors (Lipinski definition) is 4. The Morgan fingerprint density at radius 3 is 2.56 bits per heavy atom. The summed E-state index contributed by atoms with van der Waals surface area (Å²) in [6, 6.07) is 21.5. The molecule has 0 aromatic heterocycles. The van der Waals surface area contributed by atoms with Crippen LogP contribution in [0.4, 0.5) is 5.69 Å². The van der Waals surface area contributed by atoms with Crippen LogP contribution in [0, 0.1) is 0 Å². The van der Waals surface area contributed by atoms with Crippen LogP contribution in [-0.2, 0) is 4.79 Å². The van der Waals surface area contributed by atoms with Crippen molar-refractivity contribution in [3.8, 4) is 5.75 Å². The molecule has 5 heteroatoms. The predicted molar refractivity (Wildman–Crippen MR) is 101 cm³/mol. The van der Waals surface area contributed by atoms with Crippen molar-refractivity contribution in [3.05, 3.63) is 72.3 Å². The molecule has 0 fully saturated rings. The number of hydrogen-bond donors (Lipinski definition) is 2. The molecular formula is C20H19N3O2. The zero-order chi connectivity index (χ0) is 17.5. The summed E-state index contributed by atoms with van der Waals surface area (Å²) in [5.74, 6) is 0.568. The van der Waals surface area contributed by atoms with Crippen molar-refractivity contribution in [1.29, 1.82) is 0 Å². The lowest BCUT2D eigenvalue weighted by Crippen LogP contribution is -2.25. The summed E-state index contributed by atoms with van der Waals surface area (Å²) in [5.41, 5.74) is 4.28. The van der Waals surface area contributed by atoms with Crippen molar-refractivity contribution in [2.75, 3.05) is 19.0 Å². The molecule has 0 aliphatic carbocycles. The molecule has 0 saturated carbocycles. The molecule has 25 heavy (non-hydrogen) atoms. The topological polar surface area (TPSA) is 62.7 Å². The summed E-state index contributed by atoms with van der Waals surface area (Å²) in [5, 5.41) is 9.35. The number of methoxy groups -OCH3 is 1. The SMILES string of the molecule is COc1ccc(/C=N/NC(=O)CNc2ccc3ccccc3c2)cc1. The van der Waals surface area contributed by atoms with Crippen LogP contribution >= 0.6 is 0 Å². The molecule has 0 heterocycles. The maximum absolute atomic E-state index is 11.9. The normalized spacial score (nSPS) is 10.8. The van der Waals surface area contributed by atoms with Crippen molar-refractivity contribution in [2.45, 2.75) is 0 Å². The monoisotopic (exact) mass is 333 g/mol. The van der Waals surface area contributed by atoms with E-state index < -0.39 is 0 Å². The van der Waals surface area contributed by atoms with E-state index in [1.807, 2.05) is 60.7 Å². The first-order valence-corrected chi connectivity index (χ1v) is 7.93. The second kappa shape index (κ2) is 7.97. The molecule has 0 bridgehead atoms. The lowest BCUT2D eigenvalue weighted by Gasteiger charge is -2.06. The second-order valence-electron chi connectivity index (χ2n) is 5.48. The van der Waals surface area contributed by atoms with Crippen LogP contribution in [0.15, 0.2) is 71.8 Å². The van der Waals surface area contributed by atoms with Gasteiger partial charge in [-0.3, -0.25) is 4.79 Å². The Bertz CT molecular complexity index is 889. The molecule has 0 saturated heterocycles. The average Bonchev–Trinajstić information content (AvgIpc) is 2.67. The average molecular weight is 333 g/mol. The van der Waals surface area contributed by atoms with Crippen molar-refractivity contribution in [3.63, 3.8) is 0 Å². The summed E-state index contributed by atoms with van der Waals surface area (Å²) in [4.78, 5) is 11.9. The Hall–Kier alpha value is -3.34. The van der Waals surface area contributed by atoms with E-state index in [4.69, 9.17) is 4.74 Å². The maximum Gasteiger partial charge on any atom is 0.259 e. The van der Waals surface area contributed by atoms with E-state index in [0.717, 1.165) is 22.4 Å². The minimum absolute atomic E-state index is 0.151. The highest BCUT2D eigenvalue weighted by Gasteiger charge is 2.00. The summed E-state index contributed by atoms with van der Waals surface area (Å²) in [7, 11) is 1.62. The molecule has 0 aliphatic heterocycles. The van der Waals surface area contributed by atoms with Crippen LogP contribution < -0.4 is 15.5 Å². The van der Waals surface area contributed by atoms with Gasteiger partial charge in [-0.1, -0.05) is 30.3 Å². The molecule has 3 aromatic carbocycles. The van der Waals surface area contributed by atoms with Gasteiger partial charge in [-0.25, -0.2) is 5.43 Å². The van der Waals surface area contributed by atoms with E-state index in [9.17, 15) is 4.79 Å². The molecule has 1 amide bonds. The fourth-order valence-electron chi connectivity index (χ4n) is 2.39. The minimum atomic E-state index is -0.210. The maximum atomic E-state index is 11.9. The molecule has 3 rings (SSSR count). The highest BCUT2D eigenvalue weighted by molar-refractivity contribution is 5.87. The van der Waals surface area contributed by atoms with Gasteiger partial charge in [0.15, 0.2) is 0 Å². The first kappa shape index (κ1) is 16.5. The number of nitrogens with zero attached hydrogens (tertiary/aromatic N) is 1. The number of hydrazone groups is 1. The Labute approximate surface area is 146 Å². The van der Waals surface area contributed by atoms with E-state index in [1.54, 1.807) is 13.3 Å². The number of ether oxygens (including phenoxy) is 1. The van der Waals surface area contributed by atoms with E-state index in [-0.39, 0.29) is 12.5 Å². The summed E-state index contributed by atoms with van der Waals surface area (Å²) >= 11 is 0. The number of anilines is 1. The van der Waals surface area contributed by atoms with Gasteiger partial charge in [-0.2, -0.15) is 5.10 Å². The van der Waals surface area contributed by atoms with Crippen LogP contribution in [0.25, 0.3) is 10.8 Å². The van der Waals surface area contributed by atoms with Gasteiger partial charge in [-0.15, -0.1) is 0 Å². The molecule has 5 nitrogen and oxygen atoms in total. The Morgan fingerprint density at radius 2 is 1.80 bits per heavy atom. The van der Waals surface area contributed by atoms with Crippen molar-refractivity contribution < 1.29 is 9.53 Å². The highest BCUT2D eigenvalue weighted by Crippen LogP contribution is 2.18. The van der Waals surface area contributed by atoms with Crippen LogP contribution in [0.2, 0.25) is 0 Å². The number of benzene rings is 3. The van der Waals surface area contributed by atoms with Crippen molar-refractivity contribution in [2.24, 2.45) is 5.10 Å². The first-order chi connectivity index (χ1) is 12.2. The fourth-order valence-corrected chi connectivity index (χ4v) is 2.39. The van der Waals surface area contributed by atoms with E-state index in [1.165, 1.54) is 5.39 Å². The van der Waals surface area contributed by atoms with Crippen molar-refractivity contribution >= 4 is 28.6 Å². The number of rotatable bonds is 6. The van der Waals surface area contributed by atoms with Gasteiger partial charge in [0.05, 0.1) is 19.9 Å². The van der Waals surface area contributed by atoms with Gasteiger partial charge in [0.25, 0.3) is 5.91 Å². The molecule has 0 atom stereocenters. The minimum Gasteiger partial charge on any atom is -0.497 e. The zero-order valence-corrected chi connectivity index (χ0v) is 13.9. The summed E-state index contributed by atoms with van der Waals surface area (Å²) in [6.45, 7) is 0.151. The molecule has 3 aromatic rings. The largest absolute Gasteiger partial charge is 0.497 e. The molecule has 0 radical (unpaired) electrons. The Kier molecular flexibility index (Phi) is 5.26. The van der Waals surface area contributed by atoms with Crippen LogP contribution in [0.1, 0.15) is 5.56 Å². The zero-order valence-electron chi connectivity index (χ0n) is 13.9. The van der Waals surface area contributed by atoms with Gasteiger partial charge in [0.2, 0.25) is 0 Å². The van der Waals surface area contributed by atoms with Gasteiger partial charge in [-0.05, 0) is 52.7 Å². The smallest absolute Gasteiger partial charge is 0.259 e. The van der Waals surface area contributed by atoms with Gasteiger partial charge < -0.3 is 10.1 Å². The second-order valence-corrected chi connectivity index (χ2v) is 5.48. The molecule has 126 valence electrons. The van der Waals surface area contributed by atoms with Crippen LogP contribution in [0.3, 0.4) is 0 Å². The lowest BCUT2D eigenvalue weighted by atomic mass is 10.1. The Morgan fingerprint density at radius 1 is 1.04 bits per heavy atom. The number of carbonyl (C=O) groups is 1. The third-order valence-corrected chi connectivity index (χ3v) is 3.72. The standard InChI is InChI=1S/C20H19N3O2/c1-25-19-10-6-15(7-11-19)13-22-23-20(24)14-21-18-9-8-16-4-2-3-5-17(16)12-18/h2-13,21H,14H2,1H3,(H,23,24)/b22-13+. The summed E-state index contributed by atoms with van der Waals surface area (Å²) < 4.78 is 5.09. The van der Waals surface area contributed by atoms with Crippen LogP contribution in [0.5, 0.6) is 5.75 Å². The molecule has 0 spiro atoms. The predicted octanol–water partition coefficient (Wildman–Crippen LogP) is 3.41. The molecule has 2 N–H and O–H groups in total. The van der Waals surface area contributed by atoms with Gasteiger partial charge >= 0.3 is 0 Å². The quantitative estimate of drug-likeness (QED) is 0.537. The Balaban J connectivity index is 1.50. The number of fused-ring (bicyclic) bond motifs is 1. The number of amides is 1. The summed E-state index contributed by atoms with van der Waals surface area (Å²) in [6.07, 6.45) is 1.59. The molecule has 0 aliphatic rings. The van der Waals surface area contributed by atoms with E-state index >= 15 is 0 Å². The fraction of sp³-hybridized carbons (Fsp3) is 0.100. The van der Waals surface area contributed by atoms with E-state index in [2.05, 4.69) is 21.9 Å². The first-order valence-electron chi connectivity index (χ1n) is 7.93. The number of carbonyl (C=O) groups excluding carboxylic acids is 1. The van der Waals surface area contributed by atoms with E-state index in [0.29, 0.717) is 0 Å². The third kappa shape index (κ3) is 4.57. The van der Waals surface area contributed by atoms with Crippen molar-refractivity contribution in [1.82, 2.24) is 5.43 Å². The highest BCUT2D eigenvalue weighted by atomic mass is 16.5. The molecular weight excluding hydrogens is 314 g/mol. The third-order valence-electron chi connectivity index (χ3n) is 3.72. The van der Waals surface area contributed by atoms with Gasteiger partial charge in [0, 0.05) is 5.69 Å². The van der Waals surface area contributed by atoms with Crippen LogP contribution in [-0.4, -0.2) is 25.8 Å².